The second-order valence-corrected chi connectivity index (χ2v) is 10.3. The first kappa shape index (κ1) is 20.0. The lowest BCUT2D eigenvalue weighted by atomic mass is 9.52. The van der Waals surface area contributed by atoms with Gasteiger partial charge in [0.25, 0.3) is 0 Å². The third-order valence-electron chi connectivity index (χ3n) is 8.17. The lowest BCUT2D eigenvalue weighted by Gasteiger charge is -2.58. The SMILES string of the molecule is COc1ccc(CC(=O)c2cnc3c(c2NC2[C@@H]4CC5C[C@H]2CC(O)(C5)C4)C=CC3)cc1. The van der Waals surface area contributed by atoms with E-state index in [0.717, 1.165) is 53.9 Å². The van der Waals surface area contributed by atoms with Crippen LogP contribution in [-0.4, -0.2) is 34.6 Å². The van der Waals surface area contributed by atoms with Crippen LogP contribution >= 0.6 is 0 Å². The van der Waals surface area contributed by atoms with E-state index in [2.05, 4.69) is 22.5 Å². The van der Waals surface area contributed by atoms with Crippen LogP contribution in [0.5, 0.6) is 5.75 Å². The minimum atomic E-state index is -0.457. The molecule has 2 aromatic rings. The van der Waals surface area contributed by atoms with Crippen molar-refractivity contribution in [3.8, 4) is 5.75 Å². The minimum Gasteiger partial charge on any atom is -0.497 e. The number of rotatable bonds is 6. The van der Waals surface area contributed by atoms with Gasteiger partial charge in [-0.15, -0.1) is 0 Å². The van der Waals surface area contributed by atoms with Crippen LogP contribution in [0, 0.1) is 17.8 Å². The molecule has 5 nitrogen and oxygen atoms in total. The Kier molecular flexibility index (Phi) is 4.65. The predicted molar refractivity (Wildman–Crippen MR) is 124 cm³/mol. The summed E-state index contributed by atoms with van der Waals surface area (Å²) in [5.74, 6) is 2.48. The van der Waals surface area contributed by atoms with Gasteiger partial charge >= 0.3 is 0 Å². The molecule has 5 atom stereocenters. The third kappa shape index (κ3) is 3.34. The summed E-state index contributed by atoms with van der Waals surface area (Å²) < 4.78 is 5.24. The molecular formula is C27H30N2O3. The molecule has 4 saturated carbocycles. The van der Waals surface area contributed by atoms with Gasteiger partial charge in [0.1, 0.15) is 5.75 Å². The Bertz CT molecular complexity index is 1070. The van der Waals surface area contributed by atoms with Gasteiger partial charge in [-0.2, -0.15) is 0 Å². The molecule has 1 aromatic heterocycles. The third-order valence-corrected chi connectivity index (χ3v) is 8.17. The molecule has 4 fully saturated rings. The summed E-state index contributed by atoms with van der Waals surface area (Å²) in [6.45, 7) is 0. The van der Waals surface area contributed by atoms with Gasteiger partial charge < -0.3 is 15.2 Å². The van der Waals surface area contributed by atoms with Crippen molar-refractivity contribution in [1.82, 2.24) is 4.98 Å². The first-order valence-corrected chi connectivity index (χ1v) is 11.8. The first-order chi connectivity index (χ1) is 15.5. The van der Waals surface area contributed by atoms with E-state index in [0.29, 0.717) is 35.8 Å². The first-order valence-electron chi connectivity index (χ1n) is 11.8. The van der Waals surface area contributed by atoms with Crippen molar-refractivity contribution in [2.75, 3.05) is 12.4 Å². The van der Waals surface area contributed by atoms with E-state index < -0.39 is 5.60 Å². The number of benzene rings is 1. The van der Waals surface area contributed by atoms with Crippen molar-refractivity contribution < 1.29 is 14.6 Å². The molecule has 0 spiro atoms. The van der Waals surface area contributed by atoms with Gasteiger partial charge in [0.15, 0.2) is 5.78 Å². The number of anilines is 1. The molecule has 4 bridgehead atoms. The molecule has 32 heavy (non-hydrogen) atoms. The van der Waals surface area contributed by atoms with Crippen molar-refractivity contribution in [2.45, 2.75) is 56.6 Å². The summed E-state index contributed by atoms with van der Waals surface area (Å²) in [6.07, 6.45) is 12.3. The van der Waals surface area contributed by atoms with Crippen molar-refractivity contribution in [2.24, 2.45) is 17.8 Å². The Balaban J connectivity index is 1.30. The molecule has 1 aromatic carbocycles. The number of allylic oxidation sites excluding steroid dienone is 1. The number of carbonyl (C=O) groups is 1. The van der Waals surface area contributed by atoms with Crippen LogP contribution < -0.4 is 10.1 Å². The van der Waals surface area contributed by atoms with Crippen LogP contribution in [0.1, 0.15) is 59.3 Å². The van der Waals surface area contributed by atoms with Crippen LogP contribution in [0.25, 0.3) is 6.08 Å². The zero-order valence-electron chi connectivity index (χ0n) is 18.5. The van der Waals surface area contributed by atoms with E-state index >= 15 is 0 Å². The highest BCUT2D eigenvalue weighted by Crippen LogP contribution is 2.56. The molecule has 0 saturated heterocycles. The van der Waals surface area contributed by atoms with Gasteiger partial charge in [0.05, 0.1) is 29.7 Å². The van der Waals surface area contributed by atoms with Gasteiger partial charge in [0, 0.05) is 30.6 Å². The predicted octanol–water partition coefficient (Wildman–Crippen LogP) is 4.44. The molecule has 0 amide bonds. The number of carbonyl (C=O) groups excluding carboxylic acids is 1. The van der Waals surface area contributed by atoms with Crippen molar-refractivity contribution in [1.29, 1.82) is 0 Å². The Morgan fingerprint density at radius 3 is 2.62 bits per heavy atom. The van der Waals surface area contributed by atoms with Gasteiger partial charge in [-0.25, -0.2) is 0 Å². The summed E-state index contributed by atoms with van der Waals surface area (Å²) in [4.78, 5) is 18.0. The summed E-state index contributed by atoms with van der Waals surface area (Å²) in [6, 6.07) is 8.00. The maximum atomic E-state index is 13.4. The summed E-state index contributed by atoms with van der Waals surface area (Å²) >= 11 is 0. The van der Waals surface area contributed by atoms with E-state index in [-0.39, 0.29) is 5.78 Å². The number of nitrogens with one attached hydrogen (secondary N) is 1. The van der Waals surface area contributed by atoms with Gasteiger partial charge in [-0.05, 0) is 67.6 Å². The summed E-state index contributed by atoms with van der Waals surface area (Å²) in [5, 5.41) is 14.8. The van der Waals surface area contributed by atoms with E-state index in [1.807, 2.05) is 24.3 Å². The fourth-order valence-corrected chi connectivity index (χ4v) is 6.97. The second kappa shape index (κ2) is 7.45. The van der Waals surface area contributed by atoms with Crippen molar-refractivity contribution >= 4 is 17.5 Å². The van der Waals surface area contributed by atoms with E-state index in [4.69, 9.17) is 4.74 Å². The van der Waals surface area contributed by atoms with E-state index in [1.54, 1.807) is 13.3 Å². The number of pyridine rings is 1. The second-order valence-electron chi connectivity index (χ2n) is 10.3. The van der Waals surface area contributed by atoms with E-state index in [1.165, 1.54) is 12.8 Å². The number of aromatic nitrogens is 1. The van der Waals surface area contributed by atoms with Crippen molar-refractivity contribution in [3.63, 3.8) is 0 Å². The number of ketones is 1. The number of hydrogen-bond donors (Lipinski definition) is 2. The van der Waals surface area contributed by atoms with Gasteiger partial charge in [-0.1, -0.05) is 24.3 Å². The Labute approximate surface area is 188 Å². The molecule has 2 N–H and O–H groups in total. The molecule has 1 heterocycles. The standard InChI is InChI=1S/C27H30N2O3/c1-32-20-7-5-16(6-8-20)11-24(30)22-15-28-23-4-2-3-21(23)26(22)29-25-18-9-17-10-19(25)14-27(31,12-17)13-18/h2-3,5-8,15,17-19,25,31H,4,9-14H2,1H3,(H,28,29)/t17?,18-,19+,25?,27?. The van der Waals surface area contributed by atoms with Crippen LogP contribution in [0.4, 0.5) is 5.69 Å². The lowest BCUT2D eigenvalue weighted by Crippen LogP contribution is -2.59. The van der Waals surface area contributed by atoms with E-state index in [9.17, 15) is 9.90 Å². The molecule has 7 rings (SSSR count). The largest absolute Gasteiger partial charge is 0.497 e. The maximum Gasteiger partial charge on any atom is 0.170 e. The number of Topliss-reactive ketones (excluding diaryl/α,β-unsaturated/α-hetero) is 1. The number of ether oxygens (including phenoxy) is 1. The summed E-state index contributed by atoms with van der Waals surface area (Å²) in [5.41, 5.74) is 4.25. The quantitative estimate of drug-likeness (QED) is 0.663. The molecule has 5 aliphatic rings. The highest BCUT2D eigenvalue weighted by Gasteiger charge is 2.54. The van der Waals surface area contributed by atoms with Gasteiger partial charge in [0.2, 0.25) is 0 Å². The topological polar surface area (TPSA) is 71.5 Å². The molecule has 5 aliphatic carbocycles. The average Bonchev–Trinajstić information content (AvgIpc) is 3.25. The van der Waals surface area contributed by atoms with Crippen LogP contribution in [0.2, 0.25) is 0 Å². The molecule has 0 aliphatic heterocycles. The average molecular weight is 431 g/mol. The molecule has 166 valence electrons. The minimum absolute atomic E-state index is 0.0794. The molecule has 0 radical (unpaired) electrons. The highest BCUT2D eigenvalue weighted by molar-refractivity contribution is 6.04. The fourth-order valence-electron chi connectivity index (χ4n) is 6.97. The Hall–Kier alpha value is -2.66. The van der Waals surface area contributed by atoms with Crippen LogP contribution in [0.3, 0.4) is 0 Å². The lowest BCUT2D eigenvalue weighted by molar-refractivity contribution is -0.129. The number of fused-ring (bicyclic) bond motifs is 1. The Morgan fingerprint density at radius 2 is 1.94 bits per heavy atom. The monoisotopic (exact) mass is 430 g/mol. The number of methoxy groups -OCH3 is 1. The number of aliphatic hydroxyl groups is 1. The molecule has 5 heteroatoms. The van der Waals surface area contributed by atoms with Crippen LogP contribution in [0.15, 0.2) is 36.5 Å². The smallest absolute Gasteiger partial charge is 0.170 e. The number of hydrogen-bond acceptors (Lipinski definition) is 5. The molecule has 3 unspecified atom stereocenters. The fraction of sp³-hybridized carbons (Fsp3) is 0.481. The Morgan fingerprint density at radius 1 is 1.19 bits per heavy atom. The zero-order chi connectivity index (χ0) is 21.9. The van der Waals surface area contributed by atoms with Gasteiger partial charge in [-0.3, -0.25) is 9.78 Å². The maximum absolute atomic E-state index is 13.4. The van der Waals surface area contributed by atoms with Crippen molar-refractivity contribution in [3.05, 3.63) is 58.9 Å². The summed E-state index contributed by atoms with van der Waals surface area (Å²) in [7, 11) is 1.64. The highest BCUT2D eigenvalue weighted by atomic mass is 16.5. The molecular weight excluding hydrogens is 400 g/mol. The number of nitrogens with zero attached hydrogens (tertiary/aromatic N) is 1. The normalized spacial score (nSPS) is 31.6. The zero-order valence-corrected chi connectivity index (χ0v) is 18.5. The van der Waals surface area contributed by atoms with Crippen LogP contribution in [-0.2, 0) is 12.8 Å².